The second kappa shape index (κ2) is 3.94. The number of rotatable bonds is 2. The molecule has 0 aliphatic carbocycles. The lowest BCUT2D eigenvalue weighted by atomic mass is 10.3. The zero-order valence-corrected chi connectivity index (χ0v) is 7.82. The predicted molar refractivity (Wildman–Crippen MR) is 43.4 cm³/mol. The van der Waals surface area contributed by atoms with Gasteiger partial charge in [-0.05, 0) is 6.92 Å². The van der Waals surface area contributed by atoms with Gasteiger partial charge in [0.15, 0.2) is 0 Å². The molecule has 0 aliphatic rings. The van der Waals surface area contributed by atoms with Crippen LogP contribution in [0.1, 0.15) is 6.92 Å². The zero-order chi connectivity index (χ0) is 9.23. The van der Waals surface area contributed by atoms with E-state index in [0.29, 0.717) is 0 Å². The summed E-state index contributed by atoms with van der Waals surface area (Å²) in [5.74, 6) is -3.11. The lowest BCUT2D eigenvalue weighted by Gasteiger charge is -2.15. The molecular formula is C5H7Cl3O3. The normalized spacial score (nSPS) is 17.7. The van der Waals surface area contributed by atoms with Crippen LogP contribution in [0, 0.1) is 0 Å². The van der Waals surface area contributed by atoms with Gasteiger partial charge in [0.2, 0.25) is 0 Å². The fourth-order valence-corrected chi connectivity index (χ4v) is 0.790. The molecule has 0 spiro atoms. The molecule has 6 heteroatoms. The smallest absolute Gasteiger partial charge is 0.316 e. The molecule has 0 radical (unpaired) electrons. The Kier molecular flexibility index (Phi) is 4.11. The van der Waals surface area contributed by atoms with E-state index in [-0.39, 0.29) is 5.03 Å². The average Bonchev–Trinajstić information content (AvgIpc) is 1.82. The van der Waals surface area contributed by atoms with Crippen LogP contribution in [0.3, 0.4) is 0 Å². The van der Waals surface area contributed by atoms with Gasteiger partial charge in [-0.2, -0.15) is 0 Å². The predicted octanol–water partition coefficient (Wildman–Crippen LogP) is 0.934. The molecular weight excluding hydrogens is 214 g/mol. The highest BCUT2D eigenvalue weighted by Gasteiger charge is 2.28. The molecule has 0 aromatic heterocycles. The maximum Gasteiger partial charge on any atom is 0.316 e. The van der Waals surface area contributed by atoms with Gasteiger partial charge in [-0.25, -0.2) is 0 Å². The maximum absolute atomic E-state index is 8.48. The van der Waals surface area contributed by atoms with E-state index in [4.69, 9.17) is 50.1 Å². The lowest BCUT2D eigenvalue weighted by molar-refractivity contribution is -0.277. The number of halogens is 3. The third-order valence-electron chi connectivity index (χ3n) is 0.853. The van der Waals surface area contributed by atoms with E-state index in [1.54, 1.807) is 0 Å². The molecule has 0 rings (SSSR count). The average molecular weight is 221 g/mol. The van der Waals surface area contributed by atoms with Gasteiger partial charge in [-0.1, -0.05) is 23.2 Å². The molecule has 0 heterocycles. The third-order valence-corrected chi connectivity index (χ3v) is 2.25. The van der Waals surface area contributed by atoms with E-state index in [2.05, 4.69) is 0 Å². The molecule has 3 nitrogen and oxygen atoms in total. The van der Waals surface area contributed by atoms with Crippen LogP contribution < -0.4 is 0 Å². The Morgan fingerprint density at radius 2 is 1.64 bits per heavy atom. The minimum atomic E-state index is -3.11. The second-order valence-corrected chi connectivity index (χ2v) is 3.35. The summed E-state index contributed by atoms with van der Waals surface area (Å²) in [4.78, 5) is 0. The van der Waals surface area contributed by atoms with E-state index in [1.807, 2.05) is 0 Å². The summed E-state index contributed by atoms with van der Waals surface area (Å²) >= 11 is 16.0. The van der Waals surface area contributed by atoms with Gasteiger partial charge in [-0.15, -0.1) is 11.6 Å². The summed E-state index contributed by atoms with van der Waals surface area (Å²) < 4.78 is 0. The Hall–Kier alpha value is 0.490. The van der Waals surface area contributed by atoms with Crippen LogP contribution in [0.4, 0.5) is 0 Å². The number of hydrogen-bond acceptors (Lipinski definition) is 3. The standard InChI is InChI=1S/C5H7Cl3O3/c1-2(6)3(7)4(8)5(9,10)11/h2,9-11H,1H3/b4-3+. The van der Waals surface area contributed by atoms with Crippen molar-refractivity contribution >= 4 is 34.8 Å². The minimum Gasteiger partial charge on any atom is -0.339 e. The topological polar surface area (TPSA) is 60.7 Å². The third kappa shape index (κ3) is 3.60. The van der Waals surface area contributed by atoms with E-state index in [0.717, 1.165) is 0 Å². The Morgan fingerprint density at radius 1 is 1.27 bits per heavy atom. The molecule has 11 heavy (non-hydrogen) atoms. The highest BCUT2D eigenvalue weighted by molar-refractivity contribution is 6.43. The molecule has 1 atom stereocenters. The summed E-state index contributed by atoms with van der Waals surface area (Å²) in [5, 5.41) is 23.9. The van der Waals surface area contributed by atoms with Gasteiger partial charge in [0.25, 0.3) is 0 Å². The molecule has 0 saturated heterocycles. The van der Waals surface area contributed by atoms with Crippen molar-refractivity contribution in [2.45, 2.75) is 18.3 Å². The van der Waals surface area contributed by atoms with Crippen molar-refractivity contribution < 1.29 is 15.3 Å². The van der Waals surface area contributed by atoms with E-state index >= 15 is 0 Å². The SMILES string of the molecule is CC(Cl)/C(Cl)=C(\Cl)C(O)(O)O. The first-order valence-electron chi connectivity index (χ1n) is 2.63. The number of alkyl halides is 1. The second-order valence-electron chi connectivity index (χ2n) is 1.91. The lowest BCUT2D eigenvalue weighted by Crippen LogP contribution is -2.28. The van der Waals surface area contributed by atoms with Crippen molar-refractivity contribution in [3.8, 4) is 0 Å². The Morgan fingerprint density at radius 3 is 1.73 bits per heavy atom. The molecule has 0 amide bonds. The summed E-state index contributed by atoms with van der Waals surface area (Å²) in [6.45, 7) is 1.47. The molecule has 0 aliphatic heterocycles. The largest absolute Gasteiger partial charge is 0.339 e. The van der Waals surface area contributed by atoms with Crippen LogP contribution in [-0.2, 0) is 0 Å². The van der Waals surface area contributed by atoms with Crippen molar-refractivity contribution in [3.05, 3.63) is 10.1 Å². The Bertz CT molecular complexity index is 170. The number of allylic oxidation sites excluding steroid dienone is 1. The molecule has 0 aromatic rings. The highest BCUT2D eigenvalue weighted by atomic mass is 35.5. The minimum absolute atomic E-state index is 0.208. The monoisotopic (exact) mass is 220 g/mol. The van der Waals surface area contributed by atoms with E-state index < -0.39 is 16.4 Å². The first-order chi connectivity index (χ1) is 4.76. The fourth-order valence-electron chi connectivity index (χ4n) is 0.335. The van der Waals surface area contributed by atoms with Crippen LogP contribution in [0.25, 0.3) is 0 Å². The van der Waals surface area contributed by atoms with Crippen LogP contribution >= 0.6 is 34.8 Å². The van der Waals surface area contributed by atoms with Gasteiger partial charge >= 0.3 is 5.97 Å². The van der Waals surface area contributed by atoms with Crippen molar-refractivity contribution in [2.75, 3.05) is 0 Å². The molecule has 1 unspecified atom stereocenters. The molecule has 0 bridgehead atoms. The quantitative estimate of drug-likeness (QED) is 0.480. The van der Waals surface area contributed by atoms with Crippen molar-refractivity contribution in [1.82, 2.24) is 0 Å². The maximum atomic E-state index is 8.48. The summed E-state index contributed by atoms with van der Waals surface area (Å²) in [6.07, 6.45) is 0. The summed E-state index contributed by atoms with van der Waals surface area (Å²) in [7, 11) is 0. The number of aliphatic hydroxyl groups is 3. The van der Waals surface area contributed by atoms with Gasteiger partial charge < -0.3 is 15.3 Å². The fraction of sp³-hybridized carbons (Fsp3) is 0.600. The Labute approximate surface area is 78.8 Å². The summed E-state index contributed by atoms with van der Waals surface area (Å²) in [6, 6.07) is 0. The zero-order valence-electron chi connectivity index (χ0n) is 5.55. The first-order valence-corrected chi connectivity index (χ1v) is 3.83. The molecule has 0 aromatic carbocycles. The highest BCUT2D eigenvalue weighted by Crippen LogP contribution is 2.26. The molecule has 66 valence electrons. The number of hydrogen-bond donors (Lipinski definition) is 3. The first kappa shape index (κ1) is 11.5. The van der Waals surface area contributed by atoms with Gasteiger partial charge in [0.1, 0.15) is 5.03 Å². The van der Waals surface area contributed by atoms with E-state index in [9.17, 15) is 0 Å². The Balaban J connectivity index is 4.67. The van der Waals surface area contributed by atoms with Crippen LogP contribution in [-0.4, -0.2) is 26.7 Å². The molecule has 0 saturated carbocycles. The molecule has 0 fully saturated rings. The van der Waals surface area contributed by atoms with Crippen molar-refractivity contribution in [3.63, 3.8) is 0 Å². The summed E-state index contributed by atoms with van der Waals surface area (Å²) in [5.41, 5.74) is 0. The van der Waals surface area contributed by atoms with Gasteiger partial charge in [0, 0.05) is 0 Å². The van der Waals surface area contributed by atoms with Gasteiger partial charge in [-0.3, -0.25) is 0 Å². The van der Waals surface area contributed by atoms with Gasteiger partial charge in [0.05, 0.1) is 10.4 Å². The van der Waals surface area contributed by atoms with Crippen molar-refractivity contribution in [1.29, 1.82) is 0 Å². The molecule has 3 N–H and O–H groups in total. The van der Waals surface area contributed by atoms with E-state index in [1.165, 1.54) is 6.92 Å². The van der Waals surface area contributed by atoms with Crippen molar-refractivity contribution in [2.24, 2.45) is 0 Å². The van der Waals surface area contributed by atoms with Crippen LogP contribution in [0.15, 0.2) is 10.1 Å². The van der Waals surface area contributed by atoms with Crippen LogP contribution in [0.5, 0.6) is 0 Å². The van der Waals surface area contributed by atoms with Crippen LogP contribution in [0.2, 0.25) is 0 Å².